The van der Waals surface area contributed by atoms with Crippen molar-refractivity contribution in [2.75, 3.05) is 0 Å². The fraction of sp³-hybridized carbons (Fsp3) is 0.350. The molecule has 0 bridgehead atoms. The van der Waals surface area contributed by atoms with Crippen LogP contribution in [0.15, 0.2) is 30.3 Å². The minimum absolute atomic E-state index is 0.484. The lowest BCUT2D eigenvalue weighted by Crippen LogP contribution is -2.01. The summed E-state index contributed by atoms with van der Waals surface area (Å²) in [6.07, 6.45) is 2.19. The first-order valence-corrected chi connectivity index (χ1v) is 9.30. The maximum absolute atomic E-state index is 6.32. The van der Waals surface area contributed by atoms with Crippen molar-refractivity contribution in [3.8, 4) is 11.8 Å². The van der Waals surface area contributed by atoms with E-state index in [-0.39, 0.29) is 0 Å². The molecule has 0 aliphatic heterocycles. The van der Waals surface area contributed by atoms with E-state index in [9.17, 15) is 0 Å². The smallest absolute Gasteiger partial charge is 0.302 e. The minimum Gasteiger partial charge on any atom is -0.424 e. The van der Waals surface area contributed by atoms with Gasteiger partial charge in [-0.1, -0.05) is 49.2 Å². The van der Waals surface area contributed by atoms with Gasteiger partial charge in [-0.3, -0.25) is 4.57 Å². The number of rotatable bonds is 5. The molecule has 132 valence electrons. The van der Waals surface area contributed by atoms with E-state index < -0.39 is 0 Å². The zero-order valence-electron chi connectivity index (χ0n) is 14.9. The number of hydrogen-bond acceptors (Lipinski definition) is 2. The first-order chi connectivity index (χ1) is 12.0. The van der Waals surface area contributed by atoms with Crippen LogP contribution in [0.25, 0.3) is 11.0 Å². The predicted octanol–water partition coefficient (Wildman–Crippen LogP) is 6.88. The molecular weight excluding hydrogens is 355 g/mol. The van der Waals surface area contributed by atoms with Gasteiger partial charge in [0.15, 0.2) is 5.75 Å². The van der Waals surface area contributed by atoms with Gasteiger partial charge in [-0.2, -0.15) is 4.98 Å². The lowest BCUT2D eigenvalue weighted by atomic mass is 9.93. The molecule has 0 spiro atoms. The van der Waals surface area contributed by atoms with Crippen LogP contribution in [0.4, 0.5) is 0 Å². The van der Waals surface area contributed by atoms with Crippen LogP contribution >= 0.6 is 23.2 Å². The van der Waals surface area contributed by atoms with Crippen LogP contribution < -0.4 is 4.74 Å². The van der Waals surface area contributed by atoms with E-state index in [0.717, 1.165) is 29.4 Å². The van der Waals surface area contributed by atoms with Crippen LogP contribution in [-0.2, 0) is 7.05 Å². The molecule has 0 saturated carbocycles. The van der Waals surface area contributed by atoms with Gasteiger partial charge in [0.2, 0.25) is 0 Å². The van der Waals surface area contributed by atoms with E-state index in [1.54, 1.807) is 6.07 Å². The fourth-order valence-electron chi connectivity index (χ4n) is 3.34. The molecule has 0 aliphatic rings. The summed E-state index contributed by atoms with van der Waals surface area (Å²) in [4.78, 5) is 4.67. The molecule has 3 rings (SSSR count). The molecule has 2 aromatic carbocycles. The van der Waals surface area contributed by atoms with Crippen molar-refractivity contribution in [3.63, 3.8) is 0 Å². The van der Waals surface area contributed by atoms with Gasteiger partial charge >= 0.3 is 6.01 Å². The van der Waals surface area contributed by atoms with Crippen molar-refractivity contribution in [2.45, 2.75) is 39.5 Å². The van der Waals surface area contributed by atoms with Gasteiger partial charge in [0.05, 0.1) is 16.1 Å². The monoisotopic (exact) mass is 376 g/mol. The second kappa shape index (κ2) is 7.27. The summed E-state index contributed by atoms with van der Waals surface area (Å²) in [5, 5.41) is 1.08. The van der Waals surface area contributed by atoms with Gasteiger partial charge in [-0.05, 0) is 55.0 Å². The quantitative estimate of drug-likeness (QED) is 0.484. The zero-order valence-corrected chi connectivity index (χ0v) is 16.4. The standard InChI is InChI=1S/C20H22Cl2N2O/c1-5-13(6-2)15-8-7-9-17-18(15)24(4)20(23-17)25-19-12(3)10-14(21)11-16(19)22/h7-11,13H,5-6H2,1-4H3. The van der Waals surface area contributed by atoms with Crippen molar-refractivity contribution < 1.29 is 4.74 Å². The Balaban J connectivity index is 2.10. The van der Waals surface area contributed by atoms with E-state index in [2.05, 4.69) is 31.0 Å². The Morgan fingerprint density at radius 2 is 1.88 bits per heavy atom. The number of aryl methyl sites for hydroxylation is 2. The Morgan fingerprint density at radius 1 is 1.16 bits per heavy atom. The van der Waals surface area contributed by atoms with Crippen molar-refractivity contribution in [3.05, 3.63) is 51.5 Å². The minimum atomic E-state index is 0.484. The molecule has 3 aromatic rings. The molecule has 1 aromatic heterocycles. The molecule has 0 amide bonds. The van der Waals surface area contributed by atoms with Gasteiger partial charge in [0.1, 0.15) is 0 Å². The van der Waals surface area contributed by atoms with Gasteiger partial charge in [-0.15, -0.1) is 0 Å². The number of halogens is 2. The molecule has 1 heterocycles. The third-order valence-corrected chi connectivity index (χ3v) is 5.20. The molecule has 0 fully saturated rings. The predicted molar refractivity (Wildman–Crippen MR) is 105 cm³/mol. The number of ether oxygens (including phenoxy) is 1. The van der Waals surface area contributed by atoms with Crippen molar-refractivity contribution in [2.24, 2.45) is 7.05 Å². The summed E-state index contributed by atoms with van der Waals surface area (Å²) in [5.41, 5.74) is 4.25. The summed E-state index contributed by atoms with van der Waals surface area (Å²) in [5.74, 6) is 1.10. The fourth-order valence-corrected chi connectivity index (χ4v) is 3.97. The Hall–Kier alpha value is -1.71. The second-order valence-corrected chi connectivity index (χ2v) is 7.16. The number of imidazole rings is 1. The Morgan fingerprint density at radius 3 is 2.52 bits per heavy atom. The first kappa shape index (κ1) is 18.1. The topological polar surface area (TPSA) is 27.1 Å². The molecule has 0 unspecified atom stereocenters. The highest BCUT2D eigenvalue weighted by molar-refractivity contribution is 6.35. The average Bonchev–Trinajstić information content (AvgIpc) is 2.89. The van der Waals surface area contributed by atoms with Crippen LogP contribution in [0.2, 0.25) is 10.0 Å². The van der Waals surface area contributed by atoms with E-state index in [1.165, 1.54) is 5.56 Å². The molecule has 25 heavy (non-hydrogen) atoms. The molecular formula is C20H22Cl2N2O. The van der Waals surface area contributed by atoms with E-state index in [0.29, 0.717) is 27.7 Å². The molecule has 0 N–H and O–H groups in total. The van der Waals surface area contributed by atoms with Crippen LogP contribution in [0.5, 0.6) is 11.8 Å². The normalized spacial score (nSPS) is 11.5. The molecule has 3 nitrogen and oxygen atoms in total. The van der Waals surface area contributed by atoms with Crippen LogP contribution in [-0.4, -0.2) is 9.55 Å². The average molecular weight is 377 g/mol. The van der Waals surface area contributed by atoms with Gasteiger partial charge in [-0.25, -0.2) is 0 Å². The number of benzene rings is 2. The van der Waals surface area contributed by atoms with Gasteiger partial charge < -0.3 is 4.74 Å². The van der Waals surface area contributed by atoms with Crippen LogP contribution in [0.1, 0.15) is 43.7 Å². The highest BCUT2D eigenvalue weighted by Gasteiger charge is 2.19. The van der Waals surface area contributed by atoms with Crippen molar-refractivity contribution >= 4 is 34.2 Å². The van der Waals surface area contributed by atoms with Crippen molar-refractivity contribution in [1.29, 1.82) is 0 Å². The van der Waals surface area contributed by atoms with E-state index in [1.807, 2.05) is 30.7 Å². The third kappa shape index (κ3) is 3.36. The molecule has 5 heteroatoms. The Bertz CT molecular complexity index is 890. The zero-order chi connectivity index (χ0) is 18.1. The first-order valence-electron chi connectivity index (χ1n) is 8.55. The molecule has 0 aliphatic carbocycles. The highest BCUT2D eigenvalue weighted by Crippen LogP contribution is 2.37. The number of aromatic nitrogens is 2. The summed E-state index contributed by atoms with van der Waals surface area (Å²) in [7, 11) is 1.98. The summed E-state index contributed by atoms with van der Waals surface area (Å²) < 4.78 is 8.08. The molecule has 0 saturated heterocycles. The number of nitrogens with zero attached hydrogens (tertiary/aromatic N) is 2. The summed E-state index contributed by atoms with van der Waals surface area (Å²) in [6, 6.07) is 10.3. The number of para-hydroxylation sites is 1. The second-order valence-electron chi connectivity index (χ2n) is 6.32. The molecule has 0 radical (unpaired) electrons. The number of fused-ring (bicyclic) bond motifs is 1. The summed E-state index contributed by atoms with van der Waals surface area (Å²) >= 11 is 12.4. The lowest BCUT2D eigenvalue weighted by molar-refractivity contribution is 0.425. The SMILES string of the molecule is CCC(CC)c1cccc2nc(Oc3c(C)cc(Cl)cc3Cl)n(C)c12. The van der Waals surface area contributed by atoms with E-state index >= 15 is 0 Å². The number of hydrogen-bond donors (Lipinski definition) is 0. The summed E-state index contributed by atoms with van der Waals surface area (Å²) in [6.45, 7) is 6.36. The maximum atomic E-state index is 6.32. The third-order valence-electron chi connectivity index (χ3n) is 4.70. The lowest BCUT2D eigenvalue weighted by Gasteiger charge is -2.15. The maximum Gasteiger partial charge on any atom is 0.302 e. The largest absolute Gasteiger partial charge is 0.424 e. The van der Waals surface area contributed by atoms with Crippen molar-refractivity contribution in [1.82, 2.24) is 9.55 Å². The highest BCUT2D eigenvalue weighted by atomic mass is 35.5. The molecule has 0 atom stereocenters. The van der Waals surface area contributed by atoms with Gasteiger partial charge in [0, 0.05) is 12.1 Å². The Labute approximate surface area is 158 Å². The van der Waals surface area contributed by atoms with Crippen LogP contribution in [0.3, 0.4) is 0 Å². The van der Waals surface area contributed by atoms with Crippen LogP contribution in [0, 0.1) is 6.92 Å². The van der Waals surface area contributed by atoms with E-state index in [4.69, 9.17) is 27.9 Å². The van der Waals surface area contributed by atoms with Gasteiger partial charge in [0.25, 0.3) is 0 Å². The Kier molecular flexibility index (Phi) is 5.26.